The van der Waals surface area contributed by atoms with Crippen LogP contribution in [0.2, 0.25) is 0 Å². The molecule has 1 nitrogen and oxygen atoms in total. The minimum Gasteiger partial charge on any atom is -0.361 e. The van der Waals surface area contributed by atoms with Crippen molar-refractivity contribution in [3.8, 4) is 0 Å². The van der Waals surface area contributed by atoms with Gasteiger partial charge in [-0.15, -0.1) is 0 Å². The average molecular weight is 146 g/mol. The van der Waals surface area contributed by atoms with E-state index in [2.05, 4.69) is 31.2 Å². The lowest BCUT2D eigenvalue weighted by Gasteiger charge is -2.04. The van der Waals surface area contributed by atoms with Gasteiger partial charge in [-0.3, -0.25) is 0 Å². The van der Waals surface area contributed by atoms with Crippen molar-refractivity contribution < 1.29 is 4.74 Å². The van der Waals surface area contributed by atoms with Gasteiger partial charge in [0.25, 0.3) is 0 Å². The van der Waals surface area contributed by atoms with Crippen molar-refractivity contribution in [1.82, 2.24) is 0 Å². The fraction of sp³-hybridized carbons (Fsp3) is 0.400. The molecule has 1 aromatic carbocycles. The minimum atomic E-state index is 0.0938. The van der Waals surface area contributed by atoms with E-state index in [1.165, 1.54) is 11.1 Å². The summed E-state index contributed by atoms with van der Waals surface area (Å²) in [5.41, 5.74) is 2.98. The molecule has 0 spiro atoms. The molecule has 1 aliphatic heterocycles. The summed E-state index contributed by atoms with van der Waals surface area (Å²) in [7, 11) is 0. The zero-order valence-corrected chi connectivity index (χ0v) is 6.50. The number of epoxide rings is 1. The highest BCUT2D eigenvalue weighted by Gasteiger charge is 2.58. The molecule has 3 rings (SSSR count). The van der Waals surface area contributed by atoms with Crippen LogP contribution in [0.25, 0.3) is 0 Å². The average Bonchev–Trinajstić information content (AvgIpc) is 2.57. The van der Waals surface area contributed by atoms with Crippen molar-refractivity contribution in [1.29, 1.82) is 0 Å². The van der Waals surface area contributed by atoms with E-state index in [0.29, 0.717) is 6.10 Å². The van der Waals surface area contributed by atoms with Crippen LogP contribution in [-0.4, -0.2) is 6.10 Å². The summed E-state index contributed by atoms with van der Waals surface area (Å²) < 4.78 is 5.57. The van der Waals surface area contributed by atoms with E-state index in [1.807, 2.05) is 0 Å². The molecule has 2 aliphatic rings. The zero-order valence-electron chi connectivity index (χ0n) is 6.50. The molecular formula is C10H10O. The van der Waals surface area contributed by atoms with E-state index in [0.717, 1.165) is 6.42 Å². The summed E-state index contributed by atoms with van der Waals surface area (Å²) in [5.74, 6) is 0. The Balaban J connectivity index is 2.24. The largest absolute Gasteiger partial charge is 0.361 e. The third-order valence-electron chi connectivity index (χ3n) is 2.90. The molecule has 1 heterocycles. The van der Waals surface area contributed by atoms with Gasteiger partial charge in [-0.1, -0.05) is 24.3 Å². The first kappa shape index (κ1) is 5.78. The molecule has 1 fully saturated rings. The lowest BCUT2D eigenvalue weighted by molar-refractivity contribution is 0.301. The predicted molar refractivity (Wildman–Crippen MR) is 42.4 cm³/mol. The number of fused-ring (bicyclic) bond motifs is 3. The molecule has 0 amide bonds. The number of benzene rings is 1. The second kappa shape index (κ2) is 1.51. The Labute approximate surface area is 66.0 Å². The van der Waals surface area contributed by atoms with Gasteiger partial charge in [0.15, 0.2) is 0 Å². The van der Waals surface area contributed by atoms with Gasteiger partial charge in [0.1, 0.15) is 5.60 Å². The van der Waals surface area contributed by atoms with Gasteiger partial charge < -0.3 is 4.74 Å². The Morgan fingerprint density at radius 2 is 2.27 bits per heavy atom. The van der Waals surface area contributed by atoms with Crippen LogP contribution in [0.15, 0.2) is 24.3 Å². The fourth-order valence-corrected chi connectivity index (χ4v) is 2.12. The first-order valence-electron chi connectivity index (χ1n) is 4.07. The highest BCUT2D eigenvalue weighted by molar-refractivity contribution is 5.43. The van der Waals surface area contributed by atoms with Crippen molar-refractivity contribution in [3.05, 3.63) is 35.4 Å². The molecule has 1 aliphatic carbocycles. The maximum Gasteiger partial charge on any atom is 0.118 e. The standard InChI is InChI=1S/C10H10O/c1-10-8-5-3-2-4-7(8)6-9(10)11-10/h2-5,9H,6H2,1H3. The Morgan fingerprint density at radius 3 is 3.09 bits per heavy atom. The maximum atomic E-state index is 5.57. The molecule has 56 valence electrons. The van der Waals surface area contributed by atoms with Crippen LogP contribution in [0.3, 0.4) is 0 Å². The molecule has 0 radical (unpaired) electrons. The normalized spacial score (nSPS) is 38.1. The van der Waals surface area contributed by atoms with Gasteiger partial charge in [-0.2, -0.15) is 0 Å². The van der Waals surface area contributed by atoms with Gasteiger partial charge in [-0.25, -0.2) is 0 Å². The molecule has 1 heteroatoms. The molecule has 11 heavy (non-hydrogen) atoms. The van der Waals surface area contributed by atoms with Crippen LogP contribution in [0.4, 0.5) is 0 Å². The quantitative estimate of drug-likeness (QED) is 0.509. The predicted octanol–water partition coefficient (Wildman–Crippen LogP) is 1.86. The highest BCUT2D eigenvalue weighted by atomic mass is 16.6. The molecule has 2 unspecified atom stereocenters. The van der Waals surface area contributed by atoms with Gasteiger partial charge in [-0.05, 0) is 18.1 Å². The Bertz CT molecular complexity index is 318. The summed E-state index contributed by atoms with van der Waals surface area (Å²) in [6.07, 6.45) is 1.60. The second-order valence-electron chi connectivity index (χ2n) is 3.57. The van der Waals surface area contributed by atoms with Crippen molar-refractivity contribution >= 4 is 0 Å². The lowest BCUT2D eigenvalue weighted by atomic mass is 10.0. The SMILES string of the molecule is CC12OC1Cc1ccccc12. The minimum absolute atomic E-state index is 0.0938. The number of ether oxygens (including phenoxy) is 1. The summed E-state index contributed by atoms with van der Waals surface area (Å²) in [6.45, 7) is 2.18. The van der Waals surface area contributed by atoms with E-state index in [1.54, 1.807) is 0 Å². The molecule has 0 aromatic heterocycles. The van der Waals surface area contributed by atoms with Crippen LogP contribution in [0.5, 0.6) is 0 Å². The highest BCUT2D eigenvalue weighted by Crippen LogP contribution is 2.53. The van der Waals surface area contributed by atoms with Gasteiger partial charge in [0.05, 0.1) is 6.10 Å². The van der Waals surface area contributed by atoms with Crippen LogP contribution in [-0.2, 0) is 16.8 Å². The summed E-state index contributed by atoms with van der Waals surface area (Å²) in [5, 5.41) is 0. The second-order valence-corrected chi connectivity index (χ2v) is 3.57. The van der Waals surface area contributed by atoms with Gasteiger partial charge in [0, 0.05) is 6.42 Å². The summed E-state index contributed by atoms with van der Waals surface area (Å²) in [6, 6.07) is 8.58. The maximum absolute atomic E-state index is 5.57. The van der Waals surface area contributed by atoms with E-state index >= 15 is 0 Å². The molecule has 1 saturated heterocycles. The third kappa shape index (κ3) is 0.556. The monoisotopic (exact) mass is 146 g/mol. The first-order chi connectivity index (χ1) is 5.31. The Kier molecular flexibility index (Phi) is 0.793. The van der Waals surface area contributed by atoms with Crippen molar-refractivity contribution in [3.63, 3.8) is 0 Å². The van der Waals surface area contributed by atoms with Gasteiger partial charge >= 0.3 is 0 Å². The number of rotatable bonds is 0. The molecule has 0 N–H and O–H groups in total. The third-order valence-corrected chi connectivity index (χ3v) is 2.90. The van der Waals surface area contributed by atoms with Crippen LogP contribution in [0.1, 0.15) is 18.1 Å². The molecule has 2 atom stereocenters. The topological polar surface area (TPSA) is 12.5 Å². The van der Waals surface area contributed by atoms with E-state index in [-0.39, 0.29) is 5.60 Å². The van der Waals surface area contributed by atoms with E-state index < -0.39 is 0 Å². The number of hydrogen-bond donors (Lipinski definition) is 0. The smallest absolute Gasteiger partial charge is 0.118 e. The van der Waals surface area contributed by atoms with Crippen LogP contribution >= 0.6 is 0 Å². The van der Waals surface area contributed by atoms with E-state index in [9.17, 15) is 0 Å². The zero-order chi connectivity index (χ0) is 7.47. The van der Waals surface area contributed by atoms with Crippen molar-refractivity contribution in [2.45, 2.75) is 25.0 Å². The molecule has 0 saturated carbocycles. The van der Waals surface area contributed by atoms with Crippen LogP contribution < -0.4 is 0 Å². The molecular weight excluding hydrogens is 136 g/mol. The Morgan fingerprint density at radius 1 is 1.45 bits per heavy atom. The molecule has 1 aromatic rings. The number of hydrogen-bond acceptors (Lipinski definition) is 1. The summed E-state index contributed by atoms with van der Waals surface area (Å²) in [4.78, 5) is 0. The van der Waals surface area contributed by atoms with E-state index in [4.69, 9.17) is 4.74 Å². The van der Waals surface area contributed by atoms with Gasteiger partial charge in [0.2, 0.25) is 0 Å². The summed E-state index contributed by atoms with van der Waals surface area (Å²) >= 11 is 0. The fourth-order valence-electron chi connectivity index (χ4n) is 2.12. The first-order valence-corrected chi connectivity index (χ1v) is 4.07. The molecule has 0 bridgehead atoms. The van der Waals surface area contributed by atoms with Crippen molar-refractivity contribution in [2.24, 2.45) is 0 Å². The van der Waals surface area contributed by atoms with Crippen molar-refractivity contribution in [2.75, 3.05) is 0 Å². The Hall–Kier alpha value is -0.820. The lowest BCUT2D eigenvalue weighted by Crippen LogP contribution is -2.00. The van der Waals surface area contributed by atoms with Crippen LogP contribution in [0, 0.1) is 0 Å².